The molecule has 10 nitrogen and oxygen atoms in total. The summed E-state index contributed by atoms with van der Waals surface area (Å²) in [5.74, 6) is -1.72. The number of aryl methyl sites for hydroxylation is 1. The maximum Gasteiger partial charge on any atom is 0.404 e. The number of anilines is 3. The number of hydrogen-bond acceptors (Lipinski definition) is 6. The van der Waals surface area contributed by atoms with Crippen LogP contribution in [0.15, 0.2) is 60.8 Å². The van der Waals surface area contributed by atoms with Crippen molar-refractivity contribution in [2.45, 2.75) is 38.9 Å². The Morgan fingerprint density at radius 1 is 1.14 bits per heavy atom. The van der Waals surface area contributed by atoms with Crippen LogP contribution in [-0.2, 0) is 13.0 Å². The van der Waals surface area contributed by atoms with E-state index >= 15 is 4.39 Å². The number of pyridine rings is 1. The van der Waals surface area contributed by atoms with E-state index in [1.165, 1.54) is 0 Å². The van der Waals surface area contributed by atoms with E-state index in [9.17, 15) is 14.7 Å². The van der Waals surface area contributed by atoms with Gasteiger partial charge in [-0.15, -0.1) is 0 Å². The standard InChI is InChI=1S/C26H28FN7O3/c1-3-34-22-10-9-18(12-17(22)14-29-34)31-24-19(23(28)35)13-20(27)25(33-24)32-21(15(2)30-26(36)37)11-16-7-5-4-6-8-16/h4-10,12-15,21,30H,3,11H2,1-2H3,(H2,28,35)(H,36,37)(H2,31,32,33)/t15-,21-/m0/s1. The van der Waals surface area contributed by atoms with E-state index in [1.54, 1.807) is 19.2 Å². The minimum absolute atomic E-state index is 0.0657. The Bertz CT molecular complexity index is 1420. The fourth-order valence-corrected chi connectivity index (χ4v) is 4.12. The fourth-order valence-electron chi connectivity index (χ4n) is 4.12. The molecule has 0 aliphatic heterocycles. The van der Waals surface area contributed by atoms with Gasteiger partial charge in [-0.1, -0.05) is 30.3 Å². The summed E-state index contributed by atoms with van der Waals surface area (Å²) in [5, 5.41) is 22.9. The van der Waals surface area contributed by atoms with Crippen molar-refractivity contribution in [3.63, 3.8) is 0 Å². The quantitative estimate of drug-likeness (QED) is 0.218. The van der Waals surface area contributed by atoms with E-state index in [1.807, 2.05) is 54.1 Å². The molecule has 0 saturated carbocycles. The van der Waals surface area contributed by atoms with Crippen LogP contribution >= 0.6 is 0 Å². The molecule has 0 bridgehead atoms. The molecule has 0 unspecified atom stereocenters. The van der Waals surface area contributed by atoms with Crippen molar-refractivity contribution in [3.8, 4) is 0 Å². The van der Waals surface area contributed by atoms with E-state index in [2.05, 4.69) is 26.0 Å². The molecule has 4 rings (SSSR count). The van der Waals surface area contributed by atoms with E-state index in [4.69, 9.17) is 5.73 Å². The number of nitrogens with one attached hydrogen (secondary N) is 3. The Labute approximate surface area is 212 Å². The van der Waals surface area contributed by atoms with Gasteiger partial charge in [-0.05, 0) is 50.1 Å². The molecule has 6 N–H and O–H groups in total. The van der Waals surface area contributed by atoms with E-state index in [0.29, 0.717) is 12.1 Å². The van der Waals surface area contributed by atoms with Gasteiger partial charge in [0.25, 0.3) is 5.91 Å². The van der Waals surface area contributed by atoms with Crippen molar-refractivity contribution < 1.29 is 19.1 Å². The number of carbonyl (C=O) groups excluding carboxylic acids is 1. The maximum atomic E-state index is 15.1. The number of rotatable bonds is 10. The molecule has 2 aromatic heterocycles. The van der Waals surface area contributed by atoms with Crippen LogP contribution in [0.2, 0.25) is 0 Å². The van der Waals surface area contributed by atoms with Crippen LogP contribution in [0, 0.1) is 5.82 Å². The van der Waals surface area contributed by atoms with Gasteiger partial charge in [-0.3, -0.25) is 9.48 Å². The Kier molecular flexibility index (Phi) is 7.52. The number of fused-ring (bicyclic) bond motifs is 1. The smallest absolute Gasteiger partial charge is 0.404 e. The summed E-state index contributed by atoms with van der Waals surface area (Å²) in [4.78, 5) is 27.7. The summed E-state index contributed by atoms with van der Waals surface area (Å²) >= 11 is 0. The van der Waals surface area contributed by atoms with Crippen molar-refractivity contribution in [2.24, 2.45) is 5.73 Å². The minimum atomic E-state index is -1.20. The summed E-state index contributed by atoms with van der Waals surface area (Å²) in [5.41, 5.74) is 7.87. The van der Waals surface area contributed by atoms with Crippen LogP contribution in [0.3, 0.4) is 0 Å². The lowest BCUT2D eigenvalue weighted by Gasteiger charge is -2.26. The molecule has 2 aromatic carbocycles. The molecular formula is C26H28FN7O3. The van der Waals surface area contributed by atoms with Crippen LogP contribution in [0.4, 0.5) is 26.5 Å². The predicted molar refractivity (Wildman–Crippen MR) is 140 cm³/mol. The lowest BCUT2D eigenvalue weighted by molar-refractivity contribution is 0.100. The zero-order valence-electron chi connectivity index (χ0n) is 20.4. The highest BCUT2D eigenvalue weighted by atomic mass is 19.1. The summed E-state index contributed by atoms with van der Waals surface area (Å²) in [6.07, 6.45) is 0.922. The number of halogens is 1. The van der Waals surface area contributed by atoms with Gasteiger partial charge in [0.1, 0.15) is 5.82 Å². The normalized spacial score (nSPS) is 12.6. The number of benzene rings is 2. The molecule has 0 radical (unpaired) electrons. The first kappa shape index (κ1) is 25.4. The average Bonchev–Trinajstić information content (AvgIpc) is 3.27. The first-order chi connectivity index (χ1) is 17.7. The highest BCUT2D eigenvalue weighted by molar-refractivity contribution is 5.99. The van der Waals surface area contributed by atoms with Gasteiger partial charge in [-0.2, -0.15) is 5.10 Å². The number of nitrogens with two attached hydrogens (primary N) is 1. The Morgan fingerprint density at radius 2 is 1.89 bits per heavy atom. The van der Waals surface area contributed by atoms with E-state index < -0.39 is 29.9 Å². The molecule has 0 aliphatic rings. The van der Waals surface area contributed by atoms with Gasteiger partial charge < -0.3 is 26.8 Å². The number of nitrogens with zero attached hydrogens (tertiary/aromatic N) is 3. The fraction of sp³-hybridized carbons (Fsp3) is 0.231. The van der Waals surface area contributed by atoms with Crippen LogP contribution in [-0.4, -0.2) is 44.0 Å². The van der Waals surface area contributed by atoms with Gasteiger partial charge >= 0.3 is 6.09 Å². The number of aromatic nitrogens is 3. The van der Waals surface area contributed by atoms with Gasteiger partial charge in [-0.25, -0.2) is 14.2 Å². The SMILES string of the molecule is CCn1ncc2cc(Nc3nc(N[C@@H](Cc4ccccc4)[C@H](C)NC(=O)O)c(F)cc3C(N)=O)ccc21. The van der Waals surface area contributed by atoms with Gasteiger partial charge in [0.2, 0.25) is 0 Å². The molecule has 4 aromatic rings. The zero-order chi connectivity index (χ0) is 26.5. The highest BCUT2D eigenvalue weighted by Crippen LogP contribution is 2.27. The van der Waals surface area contributed by atoms with E-state index in [0.717, 1.165) is 29.1 Å². The number of carbonyl (C=O) groups is 2. The molecule has 2 heterocycles. The van der Waals surface area contributed by atoms with E-state index in [-0.39, 0.29) is 17.2 Å². The molecule has 192 valence electrons. The topological polar surface area (TPSA) is 147 Å². The second-order valence-electron chi connectivity index (χ2n) is 8.62. The van der Waals surface area contributed by atoms with Gasteiger partial charge in [0.05, 0.1) is 23.3 Å². The molecule has 2 atom stereocenters. The minimum Gasteiger partial charge on any atom is -0.465 e. The number of carboxylic acid groups (broad SMARTS) is 1. The largest absolute Gasteiger partial charge is 0.465 e. The third-order valence-corrected chi connectivity index (χ3v) is 6.02. The van der Waals surface area contributed by atoms with Gasteiger partial charge in [0, 0.05) is 23.7 Å². The number of amides is 2. The predicted octanol–water partition coefficient (Wildman–Crippen LogP) is 4.11. The van der Waals surface area contributed by atoms with Crippen molar-refractivity contribution >= 4 is 40.2 Å². The molecule has 11 heteroatoms. The third-order valence-electron chi connectivity index (χ3n) is 6.02. The lowest BCUT2D eigenvalue weighted by atomic mass is 10.0. The lowest BCUT2D eigenvalue weighted by Crippen LogP contribution is -2.45. The van der Waals surface area contributed by atoms with Crippen molar-refractivity contribution in [2.75, 3.05) is 10.6 Å². The monoisotopic (exact) mass is 505 g/mol. The van der Waals surface area contributed by atoms with Crippen LogP contribution in [0.5, 0.6) is 0 Å². The van der Waals surface area contributed by atoms with Crippen LogP contribution in [0.25, 0.3) is 10.9 Å². The summed E-state index contributed by atoms with van der Waals surface area (Å²) < 4.78 is 16.9. The Balaban J connectivity index is 1.67. The first-order valence-electron chi connectivity index (χ1n) is 11.8. The molecule has 2 amide bonds. The molecule has 0 saturated heterocycles. The maximum absolute atomic E-state index is 15.1. The van der Waals surface area contributed by atoms with Crippen molar-refractivity contribution in [3.05, 3.63) is 77.7 Å². The second-order valence-corrected chi connectivity index (χ2v) is 8.62. The summed E-state index contributed by atoms with van der Waals surface area (Å²) in [7, 11) is 0. The first-order valence-corrected chi connectivity index (χ1v) is 11.8. The molecular weight excluding hydrogens is 477 g/mol. The average molecular weight is 506 g/mol. The molecule has 0 fully saturated rings. The number of primary amides is 1. The summed E-state index contributed by atoms with van der Waals surface area (Å²) in [6.45, 7) is 4.39. The van der Waals surface area contributed by atoms with Crippen LogP contribution < -0.4 is 21.7 Å². The second kappa shape index (κ2) is 10.9. The molecule has 0 spiro atoms. The van der Waals surface area contributed by atoms with Crippen LogP contribution in [0.1, 0.15) is 29.8 Å². The summed E-state index contributed by atoms with van der Waals surface area (Å²) in [6, 6.07) is 14.8. The Morgan fingerprint density at radius 3 is 2.57 bits per heavy atom. The number of hydrogen-bond donors (Lipinski definition) is 5. The van der Waals surface area contributed by atoms with Crippen molar-refractivity contribution in [1.82, 2.24) is 20.1 Å². The third kappa shape index (κ3) is 5.95. The molecule has 0 aliphatic carbocycles. The van der Waals surface area contributed by atoms with Gasteiger partial charge in [0.15, 0.2) is 11.6 Å². The highest BCUT2D eigenvalue weighted by Gasteiger charge is 2.23. The Hall–Kier alpha value is -4.67. The van der Waals surface area contributed by atoms with Crippen molar-refractivity contribution in [1.29, 1.82) is 0 Å². The zero-order valence-corrected chi connectivity index (χ0v) is 20.4. The molecule has 37 heavy (non-hydrogen) atoms.